The third kappa shape index (κ3) is 5.14. The van der Waals surface area contributed by atoms with Crippen molar-refractivity contribution in [2.45, 2.75) is 26.5 Å². The van der Waals surface area contributed by atoms with Gasteiger partial charge in [0.25, 0.3) is 0 Å². The molecule has 0 fully saturated rings. The van der Waals surface area contributed by atoms with Crippen LogP contribution in [-0.4, -0.2) is 30.8 Å². The van der Waals surface area contributed by atoms with Gasteiger partial charge < -0.3 is 20.2 Å². The van der Waals surface area contributed by atoms with Gasteiger partial charge in [0.15, 0.2) is 0 Å². The summed E-state index contributed by atoms with van der Waals surface area (Å²) in [5.74, 6) is 1.72. The number of rotatable bonds is 8. The first-order valence-electron chi connectivity index (χ1n) is 7.51. The largest absolute Gasteiger partial charge is 0.460 e. The molecule has 3 N–H and O–H groups in total. The highest BCUT2D eigenvalue weighted by atomic mass is 35.5. The minimum absolute atomic E-state index is 0.311. The van der Waals surface area contributed by atoms with E-state index in [1.54, 1.807) is 6.92 Å². The maximum Gasteiger partial charge on any atom is 0.134 e. The SMILES string of the molecule is Cc1ccc(-c2ccc(CNCCNC[C@H](C)O)o2)cc1Cl. The Morgan fingerprint density at radius 3 is 2.68 bits per heavy atom. The van der Waals surface area contributed by atoms with Crippen molar-refractivity contribution < 1.29 is 9.52 Å². The van der Waals surface area contributed by atoms with Crippen molar-refractivity contribution in [3.05, 3.63) is 46.7 Å². The number of halogens is 1. The molecular formula is C17H23ClN2O2. The Morgan fingerprint density at radius 1 is 1.18 bits per heavy atom. The molecule has 0 aliphatic carbocycles. The second-order valence-electron chi connectivity index (χ2n) is 5.46. The van der Waals surface area contributed by atoms with E-state index in [0.29, 0.717) is 13.1 Å². The minimum atomic E-state index is -0.311. The summed E-state index contributed by atoms with van der Waals surface area (Å²) in [6.45, 7) is 6.67. The van der Waals surface area contributed by atoms with Gasteiger partial charge in [-0.1, -0.05) is 23.7 Å². The van der Waals surface area contributed by atoms with E-state index in [1.807, 2.05) is 37.3 Å². The second-order valence-corrected chi connectivity index (χ2v) is 5.87. The molecule has 5 heteroatoms. The first-order valence-corrected chi connectivity index (χ1v) is 7.89. The molecule has 0 saturated heterocycles. The number of benzene rings is 1. The highest BCUT2D eigenvalue weighted by Crippen LogP contribution is 2.26. The molecule has 120 valence electrons. The molecule has 0 aliphatic rings. The summed E-state index contributed by atoms with van der Waals surface area (Å²) in [5, 5.41) is 16.3. The van der Waals surface area contributed by atoms with Gasteiger partial charge in [0.1, 0.15) is 11.5 Å². The van der Waals surface area contributed by atoms with E-state index in [9.17, 15) is 0 Å². The fraction of sp³-hybridized carbons (Fsp3) is 0.412. The van der Waals surface area contributed by atoms with Crippen LogP contribution in [0, 0.1) is 6.92 Å². The van der Waals surface area contributed by atoms with Gasteiger partial charge in [0.2, 0.25) is 0 Å². The van der Waals surface area contributed by atoms with Crippen LogP contribution in [-0.2, 0) is 6.54 Å². The Labute approximate surface area is 136 Å². The topological polar surface area (TPSA) is 57.4 Å². The molecule has 1 aromatic heterocycles. The summed E-state index contributed by atoms with van der Waals surface area (Å²) in [5.41, 5.74) is 2.05. The summed E-state index contributed by atoms with van der Waals surface area (Å²) in [6.07, 6.45) is -0.311. The number of aliphatic hydroxyl groups is 1. The van der Waals surface area contributed by atoms with Crippen LogP contribution in [0.15, 0.2) is 34.7 Å². The minimum Gasteiger partial charge on any atom is -0.460 e. The first kappa shape index (κ1) is 17.0. The zero-order valence-corrected chi connectivity index (χ0v) is 13.8. The Morgan fingerprint density at radius 2 is 1.95 bits per heavy atom. The average Bonchev–Trinajstić information content (AvgIpc) is 2.94. The number of nitrogens with one attached hydrogen (secondary N) is 2. The highest BCUT2D eigenvalue weighted by Gasteiger charge is 2.06. The van der Waals surface area contributed by atoms with Crippen molar-refractivity contribution in [2.24, 2.45) is 0 Å². The van der Waals surface area contributed by atoms with Crippen LogP contribution < -0.4 is 10.6 Å². The van der Waals surface area contributed by atoms with Crippen molar-refractivity contribution in [1.29, 1.82) is 0 Å². The van der Waals surface area contributed by atoms with E-state index in [1.165, 1.54) is 0 Å². The molecule has 1 atom stereocenters. The van der Waals surface area contributed by atoms with Crippen LogP contribution >= 0.6 is 11.6 Å². The number of aryl methyl sites for hydroxylation is 1. The van der Waals surface area contributed by atoms with Gasteiger partial charge in [-0.3, -0.25) is 0 Å². The molecule has 2 aromatic rings. The van der Waals surface area contributed by atoms with Crippen molar-refractivity contribution in [3.63, 3.8) is 0 Å². The Bertz CT molecular complexity index is 596. The van der Waals surface area contributed by atoms with E-state index >= 15 is 0 Å². The fourth-order valence-electron chi connectivity index (χ4n) is 2.07. The zero-order chi connectivity index (χ0) is 15.9. The molecule has 4 nitrogen and oxygen atoms in total. The fourth-order valence-corrected chi connectivity index (χ4v) is 2.25. The van der Waals surface area contributed by atoms with E-state index in [-0.39, 0.29) is 6.10 Å². The molecule has 1 heterocycles. The molecule has 0 amide bonds. The molecule has 0 bridgehead atoms. The monoisotopic (exact) mass is 322 g/mol. The lowest BCUT2D eigenvalue weighted by Gasteiger charge is -2.07. The summed E-state index contributed by atoms with van der Waals surface area (Å²) in [4.78, 5) is 0. The molecule has 0 aliphatic heterocycles. The summed E-state index contributed by atoms with van der Waals surface area (Å²) >= 11 is 6.15. The number of furan rings is 1. The molecule has 22 heavy (non-hydrogen) atoms. The highest BCUT2D eigenvalue weighted by molar-refractivity contribution is 6.31. The molecular weight excluding hydrogens is 300 g/mol. The summed E-state index contributed by atoms with van der Waals surface area (Å²) in [6, 6.07) is 9.86. The predicted molar refractivity (Wildman–Crippen MR) is 90.1 cm³/mol. The molecule has 0 unspecified atom stereocenters. The normalized spacial score (nSPS) is 12.5. The van der Waals surface area contributed by atoms with Crippen LogP contribution in [0.4, 0.5) is 0 Å². The third-order valence-electron chi connectivity index (χ3n) is 3.34. The lowest BCUT2D eigenvalue weighted by Crippen LogP contribution is -2.31. The van der Waals surface area contributed by atoms with Gasteiger partial charge in [0.05, 0.1) is 12.6 Å². The Hall–Kier alpha value is -1.33. The average molecular weight is 323 g/mol. The lowest BCUT2D eigenvalue weighted by atomic mass is 10.1. The van der Waals surface area contributed by atoms with Gasteiger partial charge >= 0.3 is 0 Å². The summed E-state index contributed by atoms with van der Waals surface area (Å²) in [7, 11) is 0. The molecule has 0 radical (unpaired) electrons. The van der Waals surface area contributed by atoms with Crippen LogP contribution in [0.2, 0.25) is 5.02 Å². The summed E-state index contributed by atoms with van der Waals surface area (Å²) < 4.78 is 5.83. The van der Waals surface area contributed by atoms with Gasteiger partial charge in [-0.15, -0.1) is 0 Å². The van der Waals surface area contributed by atoms with Gasteiger partial charge in [-0.25, -0.2) is 0 Å². The quantitative estimate of drug-likeness (QED) is 0.654. The van der Waals surface area contributed by atoms with Crippen molar-refractivity contribution >= 4 is 11.6 Å². The van der Waals surface area contributed by atoms with E-state index < -0.39 is 0 Å². The standard InChI is InChI=1S/C17H23ClN2O2/c1-12-3-4-14(9-16(12)18)17-6-5-15(22-17)11-20-8-7-19-10-13(2)21/h3-6,9,13,19-21H,7-8,10-11H2,1-2H3/t13-/m0/s1. The number of aliphatic hydroxyl groups excluding tert-OH is 1. The van der Waals surface area contributed by atoms with Crippen molar-refractivity contribution in [1.82, 2.24) is 10.6 Å². The van der Waals surface area contributed by atoms with Crippen LogP contribution in [0.25, 0.3) is 11.3 Å². The van der Waals surface area contributed by atoms with E-state index in [0.717, 1.165) is 40.8 Å². The Kier molecular flexibility index (Phi) is 6.46. The van der Waals surface area contributed by atoms with Crippen molar-refractivity contribution in [2.75, 3.05) is 19.6 Å². The Balaban J connectivity index is 1.80. The molecule has 2 rings (SSSR count). The van der Waals surface area contributed by atoms with Crippen LogP contribution in [0.3, 0.4) is 0 Å². The molecule has 0 saturated carbocycles. The molecule has 1 aromatic carbocycles. The zero-order valence-electron chi connectivity index (χ0n) is 13.0. The second kappa shape index (κ2) is 8.34. The number of hydrogen-bond donors (Lipinski definition) is 3. The first-order chi connectivity index (χ1) is 10.6. The van der Waals surface area contributed by atoms with Gasteiger partial charge in [0, 0.05) is 30.2 Å². The maximum atomic E-state index is 9.13. The van der Waals surface area contributed by atoms with Gasteiger partial charge in [-0.05, 0) is 37.6 Å². The van der Waals surface area contributed by atoms with Crippen LogP contribution in [0.5, 0.6) is 0 Å². The third-order valence-corrected chi connectivity index (χ3v) is 3.74. The van der Waals surface area contributed by atoms with Crippen molar-refractivity contribution in [3.8, 4) is 11.3 Å². The lowest BCUT2D eigenvalue weighted by molar-refractivity contribution is 0.191. The molecule has 0 spiro atoms. The predicted octanol–water partition coefficient (Wildman–Crippen LogP) is 2.97. The maximum absolute atomic E-state index is 9.13. The smallest absolute Gasteiger partial charge is 0.134 e. The number of hydrogen-bond acceptors (Lipinski definition) is 4. The van der Waals surface area contributed by atoms with E-state index in [4.69, 9.17) is 21.1 Å². The van der Waals surface area contributed by atoms with Gasteiger partial charge in [-0.2, -0.15) is 0 Å². The van der Waals surface area contributed by atoms with Crippen LogP contribution in [0.1, 0.15) is 18.2 Å². The van der Waals surface area contributed by atoms with E-state index in [2.05, 4.69) is 10.6 Å².